The second-order valence-corrected chi connectivity index (χ2v) is 7.83. The summed E-state index contributed by atoms with van der Waals surface area (Å²) in [6.45, 7) is 5.94. The lowest BCUT2D eigenvalue weighted by Crippen LogP contribution is -2.57. The molecule has 1 aliphatic rings. The highest BCUT2D eigenvalue weighted by molar-refractivity contribution is 5.95. The maximum absolute atomic E-state index is 13.0. The molecule has 1 atom stereocenters. The van der Waals surface area contributed by atoms with E-state index in [9.17, 15) is 18.8 Å². The fourth-order valence-corrected chi connectivity index (χ4v) is 3.39. The second-order valence-electron chi connectivity index (χ2n) is 7.83. The first-order valence-electron chi connectivity index (χ1n) is 10.2. The monoisotopic (exact) mass is 430 g/mol. The second kappa shape index (κ2) is 10.2. The number of rotatable bonds is 7. The van der Waals surface area contributed by atoms with Gasteiger partial charge in [-0.2, -0.15) is 0 Å². The molecule has 9 heteroatoms. The van der Waals surface area contributed by atoms with Crippen molar-refractivity contribution in [3.8, 4) is 0 Å². The van der Waals surface area contributed by atoms with E-state index in [-0.39, 0.29) is 35.9 Å². The van der Waals surface area contributed by atoms with Crippen LogP contribution in [0.4, 0.5) is 10.1 Å². The van der Waals surface area contributed by atoms with E-state index in [2.05, 4.69) is 10.6 Å². The molecular weight excluding hydrogens is 403 g/mol. The molecular formula is C22H27FN4O4. The van der Waals surface area contributed by atoms with Gasteiger partial charge in [-0.3, -0.25) is 19.3 Å². The fourth-order valence-electron chi connectivity index (χ4n) is 3.39. The zero-order chi connectivity index (χ0) is 22.4. The zero-order valence-electron chi connectivity index (χ0n) is 17.6. The zero-order valence-corrected chi connectivity index (χ0v) is 17.6. The van der Waals surface area contributed by atoms with Crippen molar-refractivity contribution in [3.63, 3.8) is 0 Å². The van der Waals surface area contributed by atoms with Crippen LogP contribution in [-0.4, -0.2) is 66.3 Å². The average Bonchev–Trinajstić information content (AvgIpc) is 3.28. The van der Waals surface area contributed by atoms with Crippen LogP contribution in [0.3, 0.4) is 0 Å². The Morgan fingerprint density at radius 1 is 1.06 bits per heavy atom. The van der Waals surface area contributed by atoms with Gasteiger partial charge in [0.25, 0.3) is 5.91 Å². The maximum Gasteiger partial charge on any atom is 0.287 e. The number of halogens is 1. The van der Waals surface area contributed by atoms with Crippen molar-refractivity contribution in [2.24, 2.45) is 5.92 Å². The van der Waals surface area contributed by atoms with E-state index in [4.69, 9.17) is 4.42 Å². The number of furan rings is 1. The molecule has 1 saturated heterocycles. The Kier molecular flexibility index (Phi) is 7.41. The van der Waals surface area contributed by atoms with Gasteiger partial charge in [-0.25, -0.2) is 4.39 Å². The first-order chi connectivity index (χ1) is 14.8. The number of piperazine rings is 1. The van der Waals surface area contributed by atoms with Gasteiger partial charge >= 0.3 is 0 Å². The summed E-state index contributed by atoms with van der Waals surface area (Å²) < 4.78 is 18.1. The van der Waals surface area contributed by atoms with Gasteiger partial charge in [-0.1, -0.05) is 13.8 Å². The standard InChI is InChI=1S/C22H27FN4O4/c1-15(2)20(25-21(29)18-4-3-13-31-18)22(30)27-11-9-26(10-12-27)14-19(28)24-17-7-5-16(23)6-8-17/h3-8,13,15,20H,9-12,14H2,1-2H3,(H,24,28)(H,25,29)/t20-/m1/s1. The Morgan fingerprint density at radius 3 is 2.32 bits per heavy atom. The smallest absolute Gasteiger partial charge is 0.287 e. The SMILES string of the molecule is CC(C)[C@@H](NC(=O)c1ccco1)C(=O)N1CCN(CC(=O)Nc2ccc(F)cc2)CC1. The molecule has 3 amide bonds. The van der Waals surface area contributed by atoms with Crippen LogP contribution in [0.25, 0.3) is 0 Å². The highest BCUT2D eigenvalue weighted by atomic mass is 19.1. The molecule has 1 aliphatic heterocycles. The predicted molar refractivity (Wildman–Crippen MR) is 113 cm³/mol. The number of hydrogen-bond acceptors (Lipinski definition) is 5. The Morgan fingerprint density at radius 2 is 1.74 bits per heavy atom. The lowest BCUT2D eigenvalue weighted by atomic mass is 10.0. The predicted octanol–water partition coefficient (Wildman–Crippen LogP) is 1.96. The van der Waals surface area contributed by atoms with Crippen LogP contribution in [-0.2, 0) is 9.59 Å². The Bertz CT molecular complexity index is 891. The highest BCUT2D eigenvalue weighted by Gasteiger charge is 2.31. The summed E-state index contributed by atoms with van der Waals surface area (Å²) in [7, 11) is 0. The molecule has 0 spiro atoms. The molecule has 0 unspecified atom stereocenters. The third kappa shape index (κ3) is 6.14. The van der Waals surface area contributed by atoms with Crippen molar-refractivity contribution in [1.82, 2.24) is 15.1 Å². The lowest BCUT2D eigenvalue weighted by Gasteiger charge is -2.37. The quantitative estimate of drug-likeness (QED) is 0.700. The first kappa shape index (κ1) is 22.5. The molecule has 1 aromatic carbocycles. The molecule has 8 nitrogen and oxygen atoms in total. The van der Waals surface area contributed by atoms with Crippen molar-refractivity contribution in [2.45, 2.75) is 19.9 Å². The van der Waals surface area contributed by atoms with E-state index in [1.54, 1.807) is 17.0 Å². The Balaban J connectivity index is 1.49. The summed E-state index contributed by atoms with van der Waals surface area (Å²) in [6, 6.07) is 8.09. The van der Waals surface area contributed by atoms with Crippen LogP contribution in [0, 0.1) is 11.7 Å². The molecule has 2 heterocycles. The van der Waals surface area contributed by atoms with Gasteiger partial charge in [-0.05, 0) is 42.3 Å². The number of carbonyl (C=O) groups is 3. The number of nitrogens with one attached hydrogen (secondary N) is 2. The summed E-state index contributed by atoms with van der Waals surface area (Å²) in [5, 5.41) is 5.50. The van der Waals surface area contributed by atoms with Crippen LogP contribution in [0.5, 0.6) is 0 Å². The van der Waals surface area contributed by atoms with Gasteiger partial charge in [0.05, 0.1) is 12.8 Å². The molecule has 3 rings (SSSR count). The molecule has 0 saturated carbocycles. The average molecular weight is 430 g/mol. The number of benzene rings is 1. The molecule has 2 N–H and O–H groups in total. The first-order valence-corrected chi connectivity index (χ1v) is 10.2. The van der Waals surface area contributed by atoms with Crippen molar-refractivity contribution >= 4 is 23.4 Å². The topological polar surface area (TPSA) is 94.9 Å². The van der Waals surface area contributed by atoms with E-state index >= 15 is 0 Å². The summed E-state index contributed by atoms with van der Waals surface area (Å²) in [5.41, 5.74) is 0.535. The van der Waals surface area contributed by atoms with Crippen molar-refractivity contribution in [2.75, 3.05) is 38.0 Å². The van der Waals surface area contributed by atoms with Crippen LogP contribution < -0.4 is 10.6 Å². The van der Waals surface area contributed by atoms with Crippen molar-refractivity contribution < 1.29 is 23.2 Å². The van der Waals surface area contributed by atoms with Gasteiger partial charge in [0.15, 0.2) is 5.76 Å². The minimum absolute atomic E-state index is 0.0917. The molecule has 1 fully saturated rings. The molecule has 31 heavy (non-hydrogen) atoms. The van der Waals surface area contributed by atoms with E-state index in [0.29, 0.717) is 31.9 Å². The number of hydrogen-bond donors (Lipinski definition) is 2. The van der Waals surface area contributed by atoms with Crippen LogP contribution in [0.1, 0.15) is 24.4 Å². The van der Waals surface area contributed by atoms with E-state index in [1.165, 1.54) is 30.5 Å². The molecule has 0 bridgehead atoms. The van der Waals surface area contributed by atoms with Crippen LogP contribution >= 0.6 is 0 Å². The van der Waals surface area contributed by atoms with Crippen LogP contribution in [0.2, 0.25) is 0 Å². The molecule has 1 aromatic heterocycles. The van der Waals surface area contributed by atoms with Gasteiger partial charge in [0, 0.05) is 31.9 Å². The number of anilines is 1. The minimum Gasteiger partial charge on any atom is -0.459 e. The largest absolute Gasteiger partial charge is 0.459 e. The normalized spacial score (nSPS) is 15.5. The van der Waals surface area contributed by atoms with Crippen molar-refractivity contribution in [3.05, 3.63) is 54.2 Å². The Hall–Kier alpha value is -3.20. The van der Waals surface area contributed by atoms with Crippen molar-refractivity contribution in [1.29, 1.82) is 0 Å². The number of carbonyl (C=O) groups excluding carboxylic acids is 3. The third-order valence-electron chi connectivity index (χ3n) is 5.14. The van der Waals surface area contributed by atoms with Gasteiger partial charge in [0.1, 0.15) is 11.9 Å². The van der Waals surface area contributed by atoms with E-state index < -0.39 is 11.9 Å². The van der Waals surface area contributed by atoms with Gasteiger partial charge in [0.2, 0.25) is 11.8 Å². The minimum atomic E-state index is -0.661. The van der Waals surface area contributed by atoms with Crippen LogP contribution in [0.15, 0.2) is 47.1 Å². The number of amides is 3. The van der Waals surface area contributed by atoms with Gasteiger partial charge < -0.3 is 20.0 Å². The molecule has 2 aromatic rings. The maximum atomic E-state index is 13.0. The molecule has 166 valence electrons. The summed E-state index contributed by atoms with van der Waals surface area (Å²) in [4.78, 5) is 41.2. The Labute approximate surface area is 180 Å². The fraction of sp³-hybridized carbons (Fsp3) is 0.409. The third-order valence-corrected chi connectivity index (χ3v) is 5.14. The summed E-state index contributed by atoms with van der Waals surface area (Å²) in [6.07, 6.45) is 1.41. The lowest BCUT2D eigenvalue weighted by molar-refractivity contribution is -0.136. The number of nitrogens with zero attached hydrogens (tertiary/aromatic N) is 2. The summed E-state index contributed by atoms with van der Waals surface area (Å²) >= 11 is 0. The van der Waals surface area contributed by atoms with E-state index in [0.717, 1.165) is 0 Å². The van der Waals surface area contributed by atoms with E-state index in [1.807, 2.05) is 18.7 Å². The molecule has 0 aliphatic carbocycles. The molecule has 0 radical (unpaired) electrons. The van der Waals surface area contributed by atoms with Gasteiger partial charge in [-0.15, -0.1) is 0 Å². The highest BCUT2D eigenvalue weighted by Crippen LogP contribution is 2.12. The summed E-state index contributed by atoms with van der Waals surface area (Å²) in [5.74, 6) is -1.06.